The highest BCUT2D eigenvalue weighted by molar-refractivity contribution is 5.87. The van der Waals surface area contributed by atoms with Crippen LogP contribution in [0.1, 0.15) is 38.7 Å². The summed E-state index contributed by atoms with van der Waals surface area (Å²) in [6.45, 7) is 7.75. The van der Waals surface area contributed by atoms with Crippen LogP contribution in [-0.2, 0) is 10.2 Å². The van der Waals surface area contributed by atoms with Gasteiger partial charge in [0.15, 0.2) is 0 Å². The highest BCUT2D eigenvalue weighted by atomic mass is 19.1. The molecule has 22 heavy (non-hydrogen) atoms. The Morgan fingerprint density at radius 1 is 1.18 bits per heavy atom. The number of likely N-dealkylation sites (tertiary alicyclic amines) is 1. The summed E-state index contributed by atoms with van der Waals surface area (Å²) in [5, 5.41) is 3.45. The SMILES string of the molecule is CC(C)(C(=O)N1CCC2(CCNC2)CC1)c1ccc(F)cc1. The lowest BCUT2D eigenvalue weighted by Gasteiger charge is -2.41. The lowest BCUT2D eigenvalue weighted by molar-refractivity contribution is -0.138. The second-order valence-electron chi connectivity index (χ2n) is 7.35. The molecule has 1 N–H and O–H groups in total. The van der Waals surface area contributed by atoms with E-state index in [1.165, 1.54) is 18.6 Å². The molecule has 1 aromatic rings. The zero-order valence-electron chi connectivity index (χ0n) is 13.5. The lowest BCUT2D eigenvalue weighted by atomic mass is 9.76. The van der Waals surface area contributed by atoms with Gasteiger partial charge in [0, 0.05) is 19.6 Å². The van der Waals surface area contributed by atoms with Crippen LogP contribution in [0.25, 0.3) is 0 Å². The van der Waals surface area contributed by atoms with Crippen molar-refractivity contribution in [1.29, 1.82) is 0 Å². The highest BCUT2D eigenvalue weighted by Crippen LogP contribution is 2.38. The third-order valence-electron chi connectivity index (χ3n) is 5.54. The number of rotatable bonds is 2. The Labute approximate surface area is 131 Å². The summed E-state index contributed by atoms with van der Waals surface area (Å²) >= 11 is 0. The first-order chi connectivity index (χ1) is 10.4. The van der Waals surface area contributed by atoms with Crippen LogP contribution in [0.4, 0.5) is 4.39 Å². The van der Waals surface area contributed by atoms with Crippen LogP contribution in [-0.4, -0.2) is 37.0 Å². The molecular weight excluding hydrogens is 279 g/mol. The number of carbonyl (C=O) groups is 1. The fourth-order valence-corrected chi connectivity index (χ4v) is 3.79. The van der Waals surface area contributed by atoms with Crippen molar-refractivity contribution in [3.05, 3.63) is 35.6 Å². The van der Waals surface area contributed by atoms with E-state index >= 15 is 0 Å². The first-order valence-corrected chi connectivity index (χ1v) is 8.19. The van der Waals surface area contributed by atoms with Crippen LogP contribution >= 0.6 is 0 Å². The quantitative estimate of drug-likeness (QED) is 0.911. The molecule has 0 atom stereocenters. The van der Waals surface area contributed by atoms with Gasteiger partial charge in [-0.1, -0.05) is 12.1 Å². The first kappa shape index (κ1) is 15.5. The zero-order chi connectivity index (χ0) is 15.8. The van der Waals surface area contributed by atoms with Crippen molar-refractivity contribution >= 4 is 5.91 Å². The number of amides is 1. The summed E-state index contributed by atoms with van der Waals surface area (Å²) in [5.74, 6) is -0.111. The van der Waals surface area contributed by atoms with E-state index in [1.54, 1.807) is 12.1 Å². The minimum atomic E-state index is -0.605. The Kier molecular flexibility index (Phi) is 3.98. The molecule has 3 nitrogen and oxygen atoms in total. The standard InChI is InChI=1S/C18H25FN2O/c1-17(2,14-3-5-15(19)6-4-14)16(22)21-11-8-18(9-12-21)7-10-20-13-18/h3-6,20H,7-13H2,1-2H3. The van der Waals surface area contributed by atoms with E-state index in [2.05, 4.69) is 5.32 Å². The molecule has 4 heteroatoms. The first-order valence-electron chi connectivity index (χ1n) is 8.19. The molecule has 0 unspecified atom stereocenters. The van der Waals surface area contributed by atoms with Gasteiger partial charge in [-0.3, -0.25) is 4.79 Å². The minimum absolute atomic E-state index is 0.153. The van der Waals surface area contributed by atoms with Crippen molar-refractivity contribution in [3.8, 4) is 0 Å². The highest BCUT2D eigenvalue weighted by Gasteiger charge is 2.41. The van der Waals surface area contributed by atoms with Crippen molar-refractivity contribution in [3.63, 3.8) is 0 Å². The second-order valence-corrected chi connectivity index (χ2v) is 7.35. The van der Waals surface area contributed by atoms with Crippen LogP contribution in [0, 0.1) is 11.2 Å². The number of piperidine rings is 1. The van der Waals surface area contributed by atoms with E-state index in [0.29, 0.717) is 5.41 Å². The maximum absolute atomic E-state index is 13.1. The Morgan fingerprint density at radius 3 is 2.36 bits per heavy atom. The van der Waals surface area contributed by atoms with Gasteiger partial charge in [0.25, 0.3) is 0 Å². The number of hydrogen-bond acceptors (Lipinski definition) is 2. The van der Waals surface area contributed by atoms with Crippen LogP contribution in [0.15, 0.2) is 24.3 Å². The van der Waals surface area contributed by atoms with E-state index < -0.39 is 5.41 Å². The third kappa shape index (κ3) is 2.76. The van der Waals surface area contributed by atoms with Crippen molar-refractivity contribution in [2.24, 2.45) is 5.41 Å². The number of nitrogens with zero attached hydrogens (tertiary/aromatic N) is 1. The van der Waals surface area contributed by atoms with Crippen LogP contribution < -0.4 is 5.32 Å². The molecule has 1 spiro atoms. The van der Waals surface area contributed by atoms with Crippen molar-refractivity contribution < 1.29 is 9.18 Å². The van der Waals surface area contributed by atoms with Gasteiger partial charge in [0.05, 0.1) is 5.41 Å². The Morgan fingerprint density at radius 2 is 1.82 bits per heavy atom. The summed E-state index contributed by atoms with van der Waals surface area (Å²) < 4.78 is 13.1. The van der Waals surface area contributed by atoms with Gasteiger partial charge in [-0.15, -0.1) is 0 Å². The Hall–Kier alpha value is -1.42. The summed E-state index contributed by atoms with van der Waals surface area (Å²) in [6, 6.07) is 6.30. The molecular formula is C18H25FN2O. The normalized spacial score (nSPS) is 21.3. The Balaban J connectivity index is 1.69. The number of carbonyl (C=O) groups excluding carboxylic acids is 1. The predicted octanol–water partition coefficient (Wildman–Crippen LogP) is 2.71. The smallest absolute Gasteiger partial charge is 0.232 e. The molecule has 1 aromatic carbocycles. The maximum Gasteiger partial charge on any atom is 0.232 e. The fourth-order valence-electron chi connectivity index (χ4n) is 3.79. The van der Waals surface area contributed by atoms with Crippen molar-refractivity contribution in [2.45, 2.75) is 38.5 Å². The van der Waals surface area contributed by atoms with Crippen LogP contribution in [0.5, 0.6) is 0 Å². The average Bonchev–Trinajstić information content (AvgIpc) is 2.96. The van der Waals surface area contributed by atoms with E-state index in [9.17, 15) is 9.18 Å². The molecule has 2 aliphatic heterocycles. The number of halogens is 1. The molecule has 0 bridgehead atoms. The van der Waals surface area contributed by atoms with Gasteiger partial charge in [-0.2, -0.15) is 0 Å². The summed E-state index contributed by atoms with van der Waals surface area (Å²) in [6.07, 6.45) is 3.41. The molecule has 120 valence electrons. The van der Waals surface area contributed by atoms with E-state index in [0.717, 1.165) is 44.6 Å². The molecule has 2 heterocycles. The average molecular weight is 304 g/mol. The molecule has 0 aromatic heterocycles. The van der Waals surface area contributed by atoms with Crippen molar-refractivity contribution in [1.82, 2.24) is 10.2 Å². The van der Waals surface area contributed by atoms with Gasteiger partial charge < -0.3 is 10.2 Å². The third-order valence-corrected chi connectivity index (χ3v) is 5.54. The Bertz CT molecular complexity index is 537. The van der Waals surface area contributed by atoms with E-state index in [-0.39, 0.29) is 11.7 Å². The van der Waals surface area contributed by atoms with E-state index in [4.69, 9.17) is 0 Å². The zero-order valence-corrected chi connectivity index (χ0v) is 13.5. The van der Waals surface area contributed by atoms with Crippen LogP contribution in [0.2, 0.25) is 0 Å². The molecule has 0 saturated carbocycles. The van der Waals surface area contributed by atoms with Crippen molar-refractivity contribution in [2.75, 3.05) is 26.2 Å². The molecule has 0 aliphatic carbocycles. The van der Waals surface area contributed by atoms with Gasteiger partial charge in [0.1, 0.15) is 5.82 Å². The molecule has 0 radical (unpaired) electrons. The molecule has 3 rings (SSSR count). The number of benzene rings is 1. The van der Waals surface area contributed by atoms with E-state index in [1.807, 2.05) is 18.7 Å². The largest absolute Gasteiger partial charge is 0.342 e. The van der Waals surface area contributed by atoms with Gasteiger partial charge in [0.2, 0.25) is 5.91 Å². The minimum Gasteiger partial charge on any atom is -0.342 e. The maximum atomic E-state index is 13.1. The molecule has 2 aliphatic rings. The van der Waals surface area contributed by atoms with Crippen LogP contribution in [0.3, 0.4) is 0 Å². The number of hydrogen-bond donors (Lipinski definition) is 1. The van der Waals surface area contributed by atoms with Gasteiger partial charge in [-0.05, 0) is 62.8 Å². The number of nitrogens with one attached hydrogen (secondary N) is 1. The van der Waals surface area contributed by atoms with Gasteiger partial charge >= 0.3 is 0 Å². The molecule has 2 fully saturated rings. The predicted molar refractivity (Wildman–Crippen MR) is 85.2 cm³/mol. The van der Waals surface area contributed by atoms with Gasteiger partial charge in [-0.25, -0.2) is 4.39 Å². The lowest BCUT2D eigenvalue weighted by Crippen LogP contribution is -2.49. The molecule has 2 saturated heterocycles. The summed E-state index contributed by atoms with van der Waals surface area (Å²) in [5.41, 5.74) is 0.685. The topological polar surface area (TPSA) is 32.3 Å². The second kappa shape index (κ2) is 5.65. The fraction of sp³-hybridized carbons (Fsp3) is 0.611. The summed E-state index contributed by atoms with van der Waals surface area (Å²) in [4.78, 5) is 14.9. The summed E-state index contributed by atoms with van der Waals surface area (Å²) in [7, 11) is 0. The monoisotopic (exact) mass is 304 g/mol. The molecule has 1 amide bonds.